The van der Waals surface area contributed by atoms with Gasteiger partial charge in [0.15, 0.2) is 0 Å². The molecule has 0 atom stereocenters. The third kappa shape index (κ3) is 4.93. The highest BCUT2D eigenvalue weighted by Crippen LogP contribution is 2.34. The van der Waals surface area contributed by atoms with Gasteiger partial charge in [0, 0.05) is 17.1 Å². The molecule has 3 rings (SSSR count). The zero-order chi connectivity index (χ0) is 19.4. The zero-order valence-corrected chi connectivity index (χ0v) is 18.6. The second-order valence-corrected chi connectivity index (χ2v) is 8.84. The molecule has 1 aliphatic rings. The summed E-state index contributed by atoms with van der Waals surface area (Å²) in [6, 6.07) is 13.3. The van der Waals surface area contributed by atoms with Crippen LogP contribution in [0, 0.1) is 0 Å². The molecule has 1 heterocycles. The van der Waals surface area contributed by atoms with Gasteiger partial charge in [-0.2, -0.15) is 0 Å². The summed E-state index contributed by atoms with van der Waals surface area (Å²) in [5.41, 5.74) is 1.83. The third-order valence-electron chi connectivity index (χ3n) is 3.92. The summed E-state index contributed by atoms with van der Waals surface area (Å²) in [6.07, 6.45) is 2.74. The van der Waals surface area contributed by atoms with Crippen LogP contribution in [0.5, 0.6) is 5.75 Å². The predicted molar refractivity (Wildman–Crippen MR) is 120 cm³/mol. The molecule has 3 nitrogen and oxygen atoms in total. The predicted octanol–water partition coefficient (Wildman–Crippen LogP) is 6.29. The number of hydrogen-bond donors (Lipinski definition) is 0. The zero-order valence-electron chi connectivity index (χ0n) is 14.6. The van der Waals surface area contributed by atoms with Gasteiger partial charge in [-0.15, -0.1) is 0 Å². The maximum absolute atomic E-state index is 12.5. The van der Waals surface area contributed by atoms with Crippen LogP contribution in [-0.2, 0) is 11.4 Å². The lowest BCUT2D eigenvalue weighted by molar-refractivity contribution is -0.122. The SMILES string of the molecule is CCCN1C(=O)/C(=C/c2ccc(OCc3ccccc3Cl)c(Br)c2)SC1=S. The van der Waals surface area contributed by atoms with E-state index in [-0.39, 0.29) is 5.91 Å². The highest BCUT2D eigenvalue weighted by atomic mass is 79.9. The minimum atomic E-state index is -0.0259. The second-order valence-electron chi connectivity index (χ2n) is 5.90. The summed E-state index contributed by atoms with van der Waals surface area (Å²) in [5, 5.41) is 0.680. The van der Waals surface area contributed by atoms with Gasteiger partial charge in [-0.05, 0) is 52.2 Å². The van der Waals surface area contributed by atoms with Crippen LogP contribution in [0.25, 0.3) is 6.08 Å². The quantitative estimate of drug-likeness (QED) is 0.357. The molecule has 140 valence electrons. The topological polar surface area (TPSA) is 29.5 Å². The van der Waals surface area contributed by atoms with Crippen molar-refractivity contribution in [3.63, 3.8) is 0 Å². The Kier molecular flexibility index (Phi) is 6.98. The van der Waals surface area contributed by atoms with Gasteiger partial charge in [-0.3, -0.25) is 9.69 Å². The molecule has 27 heavy (non-hydrogen) atoms. The molecule has 0 radical (unpaired) electrons. The van der Waals surface area contributed by atoms with Crippen molar-refractivity contribution < 1.29 is 9.53 Å². The summed E-state index contributed by atoms with van der Waals surface area (Å²) >= 11 is 16.3. The Morgan fingerprint density at radius 1 is 1.30 bits per heavy atom. The number of carbonyl (C=O) groups is 1. The van der Waals surface area contributed by atoms with Crippen LogP contribution in [-0.4, -0.2) is 21.7 Å². The number of amides is 1. The van der Waals surface area contributed by atoms with Crippen molar-refractivity contribution in [1.82, 2.24) is 4.90 Å². The lowest BCUT2D eigenvalue weighted by Crippen LogP contribution is -2.28. The molecule has 0 bridgehead atoms. The molecule has 1 saturated heterocycles. The molecule has 0 aliphatic carbocycles. The molecule has 1 amide bonds. The van der Waals surface area contributed by atoms with Crippen LogP contribution < -0.4 is 4.74 Å². The van der Waals surface area contributed by atoms with Gasteiger partial charge in [0.25, 0.3) is 5.91 Å². The van der Waals surface area contributed by atoms with Crippen LogP contribution in [0.15, 0.2) is 51.8 Å². The third-order valence-corrected chi connectivity index (χ3v) is 6.28. The van der Waals surface area contributed by atoms with E-state index in [0.717, 1.165) is 22.0 Å². The number of carbonyl (C=O) groups excluding carboxylic acids is 1. The number of ether oxygens (including phenoxy) is 1. The summed E-state index contributed by atoms with van der Waals surface area (Å²) in [5.74, 6) is 0.688. The molecule has 2 aromatic carbocycles. The standard InChI is InChI=1S/C20H17BrClNO2S2/c1-2-9-23-19(24)18(27-20(23)26)11-13-7-8-17(15(21)10-13)25-12-14-5-3-4-6-16(14)22/h3-8,10-11H,2,9,12H2,1H3/b18-11-. The maximum Gasteiger partial charge on any atom is 0.266 e. The first-order valence-electron chi connectivity index (χ1n) is 8.40. The maximum atomic E-state index is 12.5. The van der Waals surface area contributed by atoms with Crippen molar-refractivity contribution in [3.05, 3.63) is 68.0 Å². The molecule has 7 heteroatoms. The molecular formula is C20H17BrClNO2S2. The Hall–Kier alpha value is -1.34. The van der Waals surface area contributed by atoms with Gasteiger partial charge in [0.05, 0.1) is 9.38 Å². The Bertz CT molecular complexity index is 917. The summed E-state index contributed by atoms with van der Waals surface area (Å²) < 4.78 is 7.29. The largest absolute Gasteiger partial charge is 0.488 e. The molecule has 0 saturated carbocycles. The molecule has 0 aromatic heterocycles. The van der Waals surface area contributed by atoms with Crippen LogP contribution >= 0.6 is 51.5 Å². The average Bonchev–Trinajstić information content (AvgIpc) is 2.90. The van der Waals surface area contributed by atoms with Gasteiger partial charge >= 0.3 is 0 Å². The van der Waals surface area contributed by atoms with Crippen molar-refractivity contribution in [1.29, 1.82) is 0 Å². The van der Waals surface area contributed by atoms with E-state index in [1.54, 1.807) is 4.90 Å². The fourth-order valence-corrected chi connectivity index (χ4v) is 4.57. The van der Waals surface area contributed by atoms with E-state index in [1.807, 2.05) is 55.5 Å². The highest BCUT2D eigenvalue weighted by molar-refractivity contribution is 9.10. The van der Waals surface area contributed by atoms with Gasteiger partial charge in [-0.25, -0.2) is 0 Å². The molecule has 0 unspecified atom stereocenters. The summed E-state index contributed by atoms with van der Waals surface area (Å²) in [4.78, 5) is 14.8. The van der Waals surface area contributed by atoms with Gasteiger partial charge in [-0.1, -0.05) is 66.8 Å². The number of nitrogens with zero attached hydrogens (tertiary/aromatic N) is 1. The number of halogens is 2. The normalized spacial score (nSPS) is 15.7. The van der Waals surface area contributed by atoms with E-state index in [2.05, 4.69) is 15.9 Å². The number of benzene rings is 2. The Morgan fingerprint density at radius 3 is 2.78 bits per heavy atom. The lowest BCUT2D eigenvalue weighted by Gasteiger charge is -2.12. The van der Waals surface area contributed by atoms with Crippen molar-refractivity contribution >= 4 is 67.8 Å². The highest BCUT2D eigenvalue weighted by Gasteiger charge is 2.31. The number of rotatable bonds is 6. The van der Waals surface area contributed by atoms with Crippen molar-refractivity contribution in [2.24, 2.45) is 0 Å². The molecular weight excluding hydrogens is 466 g/mol. The fourth-order valence-electron chi connectivity index (χ4n) is 2.56. The molecule has 1 aliphatic heterocycles. The molecule has 0 N–H and O–H groups in total. The van der Waals surface area contributed by atoms with Gasteiger partial charge in [0.1, 0.15) is 16.7 Å². The first kappa shape index (κ1) is 20.4. The summed E-state index contributed by atoms with van der Waals surface area (Å²) in [6.45, 7) is 3.06. The van der Waals surface area contributed by atoms with E-state index in [9.17, 15) is 4.79 Å². The number of thioether (sulfide) groups is 1. The minimum absolute atomic E-state index is 0.0259. The van der Waals surface area contributed by atoms with E-state index in [0.29, 0.717) is 33.1 Å². The van der Waals surface area contributed by atoms with Crippen LogP contribution in [0.1, 0.15) is 24.5 Å². The minimum Gasteiger partial charge on any atom is -0.488 e. The summed E-state index contributed by atoms with van der Waals surface area (Å²) in [7, 11) is 0. The second kappa shape index (κ2) is 9.24. The number of hydrogen-bond acceptors (Lipinski definition) is 4. The Balaban J connectivity index is 1.72. The Labute approximate surface area is 181 Å². The number of thiocarbonyl (C=S) groups is 1. The van der Waals surface area contributed by atoms with Crippen molar-refractivity contribution in [2.45, 2.75) is 20.0 Å². The van der Waals surface area contributed by atoms with Crippen molar-refractivity contribution in [2.75, 3.05) is 6.54 Å². The molecule has 2 aromatic rings. The Morgan fingerprint density at radius 2 is 2.07 bits per heavy atom. The fraction of sp³-hybridized carbons (Fsp3) is 0.200. The lowest BCUT2D eigenvalue weighted by atomic mass is 10.2. The van der Waals surface area contributed by atoms with E-state index in [1.165, 1.54) is 11.8 Å². The molecule has 1 fully saturated rings. The van der Waals surface area contributed by atoms with Crippen LogP contribution in [0.2, 0.25) is 5.02 Å². The van der Waals surface area contributed by atoms with Gasteiger partial charge < -0.3 is 4.74 Å². The molecule has 0 spiro atoms. The van der Waals surface area contributed by atoms with E-state index >= 15 is 0 Å². The van der Waals surface area contributed by atoms with Gasteiger partial charge in [0.2, 0.25) is 0 Å². The first-order valence-corrected chi connectivity index (χ1v) is 10.8. The average molecular weight is 483 g/mol. The van der Waals surface area contributed by atoms with E-state index < -0.39 is 0 Å². The van der Waals surface area contributed by atoms with E-state index in [4.69, 9.17) is 28.6 Å². The van der Waals surface area contributed by atoms with Crippen LogP contribution in [0.3, 0.4) is 0 Å². The van der Waals surface area contributed by atoms with Crippen molar-refractivity contribution in [3.8, 4) is 5.75 Å². The van der Waals surface area contributed by atoms with Crippen LogP contribution in [0.4, 0.5) is 0 Å². The first-order chi connectivity index (χ1) is 13.0. The smallest absolute Gasteiger partial charge is 0.266 e. The monoisotopic (exact) mass is 481 g/mol.